The second-order valence-corrected chi connectivity index (χ2v) is 6.94. The molecule has 0 unspecified atom stereocenters. The van der Waals surface area contributed by atoms with Crippen molar-refractivity contribution < 1.29 is 18.7 Å². The summed E-state index contributed by atoms with van der Waals surface area (Å²) in [5.41, 5.74) is 3.17. The Morgan fingerprint density at radius 1 is 1.29 bits per heavy atom. The second kappa shape index (κ2) is 6.65. The Morgan fingerprint density at radius 3 is 3.00 bits per heavy atom. The highest BCUT2D eigenvalue weighted by Crippen LogP contribution is 2.44. The lowest BCUT2D eigenvalue weighted by Crippen LogP contribution is -2.31. The lowest BCUT2D eigenvalue weighted by Gasteiger charge is -2.29. The quantitative estimate of drug-likeness (QED) is 0.647. The number of aromatic nitrogens is 1. The van der Waals surface area contributed by atoms with E-state index in [-0.39, 0.29) is 5.78 Å². The summed E-state index contributed by atoms with van der Waals surface area (Å²) in [6.07, 6.45) is 6.78. The van der Waals surface area contributed by atoms with E-state index in [0.717, 1.165) is 28.2 Å². The summed E-state index contributed by atoms with van der Waals surface area (Å²) >= 11 is 0. The molecule has 0 saturated heterocycles. The van der Waals surface area contributed by atoms with Crippen LogP contribution < -0.4 is 9.47 Å². The molecule has 140 valence electrons. The zero-order chi connectivity index (χ0) is 19.1. The van der Waals surface area contributed by atoms with Gasteiger partial charge in [0.05, 0.1) is 23.9 Å². The molecule has 6 heteroatoms. The number of carbonyl (C=O) groups is 1. The minimum atomic E-state index is -0.109. The van der Waals surface area contributed by atoms with Crippen LogP contribution in [0.5, 0.6) is 11.5 Å². The van der Waals surface area contributed by atoms with Gasteiger partial charge in [-0.2, -0.15) is 0 Å². The minimum Gasteiger partial charge on any atom is -0.478 e. The number of nitrogens with zero attached hydrogens (tertiary/aromatic N) is 2. The lowest BCUT2D eigenvalue weighted by molar-refractivity contribution is 0.0809. The monoisotopic (exact) mass is 374 g/mol. The molecule has 28 heavy (non-hydrogen) atoms. The molecule has 2 aliphatic heterocycles. The van der Waals surface area contributed by atoms with Gasteiger partial charge in [-0.1, -0.05) is 6.07 Å². The minimum absolute atomic E-state index is 0.109. The lowest BCUT2D eigenvalue weighted by atomic mass is 9.98. The molecule has 0 atom stereocenters. The number of aryl methyl sites for hydroxylation is 1. The van der Waals surface area contributed by atoms with Crippen molar-refractivity contribution in [2.24, 2.45) is 0 Å². The molecule has 0 aliphatic carbocycles. The average Bonchev–Trinajstić information content (AvgIpc) is 3.32. The second-order valence-electron chi connectivity index (χ2n) is 6.94. The number of carbonyl (C=O) groups excluding carboxylic acids is 1. The van der Waals surface area contributed by atoms with Crippen LogP contribution in [0, 0.1) is 6.92 Å². The molecule has 2 aliphatic rings. The number of allylic oxidation sites excluding steroid dienone is 1. The summed E-state index contributed by atoms with van der Waals surface area (Å²) in [6.45, 7) is 3.61. The number of hydrogen-bond donors (Lipinski definition) is 0. The van der Waals surface area contributed by atoms with Gasteiger partial charge < -0.3 is 13.9 Å². The van der Waals surface area contributed by atoms with Crippen LogP contribution in [-0.2, 0) is 13.1 Å². The topological polar surface area (TPSA) is 64.8 Å². The van der Waals surface area contributed by atoms with Crippen molar-refractivity contribution in [3.8, 4) is 11.5 Å². The molecule has 5 rings (SSSR count). The van der Waals surface area contributed by atoms with Gasteiger partial charge in [-0.3, -0.25) is 14.7 Å². The molecular weight excluding hydrogens is 356 g/mol. The Morgan fingerprint density at radius 2 is 2.21 bits per heavy atom. The molecule has 0 saturated carbocycles. The SMILES string of the molecule is Cc1cc2c(c3c1C(=O)/C(=C/c1cccnc1)O3)CN(Cc1ccco1)CO2. The number of pyridine rings is 1. The third kappa shape index (κ3) is 2.88. The van der Waals surface area contributed by atoms with Crippen LogP contribution in [0.15, 0.2) is 59.2 Å². The highest BCUT2D eigenvalue weighted by atomic mass is 16.5. The fraction of sp³-hybridized carbons (Fsp3) is 0.182. The van der Waals surface area contributed by atoms with Gasteiger partial charge in [0.1, 0.15) is 24.0 Å². The van der Waals surface area contributed by atoms with Crippen LogP contribution in [0.2, 0.25) is 0 Å². The summed E-state index contributed by atoms with van der Waals surface area (Å²) in [4.78, 5) is 19.2. The van der Waals surface area contributed by atoms with Crippen LogP contribution in [0.1, 0.15) is 32.8 Å². The predicted octanol–water partition coefficient (Wildman–Crippen LogP) is 3.95. The molecule has 0 N–H and O–H groups in total. The van der Waals surface area contributed by atoms with Crippen LogP contribution in [-0.4, -0.2) is 22.4 Å². The van der Waals surface area contributed by atoms with Crippen LogP contribution in [0.4, 0.5) is 0 Å². The molecule has 0 bridgehead atoms. The Balaban J connectivity index is 1.49. The maximum absolute atomic E-state index is 13.0. The van der Waals surface area contributed by atoms with Crippen LogP contribution in [0.25, 0.3) is 6.08 Å². The summed E-state index contributed by atoms with van der Waals surface area (Å²) in [7, 11) is 0. The van der Waals surface area contributed by atoms with Crippen molar-refractivity contribution >= 4 is 11.9 Å². The van der Waals surface area contributed by atoms with Gasteiger partial charge >= 0.3 is 0 Å². The van der Waals surface area contributed by atoms with E-state index in [4.69, 9.17) is 13.9 Å². The van der Waals surface area contributed by atoms with E-state index >= 15 is 0 Å². The third-order valence-corrected chi connectivity index (χ3v) is 4.93. The number of hydrogen-bond acceptors (Lipinski definition) is 6. The standard InChI is InChI=1S/C22H18N2O4/c1-14-8-18-17(12-24(13-27-18)11-16-5-3-7-26-16)22-20(14)21(25)19(28-22)9-15-4-2-6-23-10-15/h2-10H,11-13H2,1H3/b19-9-. The van der Waals surface area contributed by atoms with Gasteiger partial charge in [0, 0.05) is 18.9 Å². The fourth-order valence-electron chi connectivity index (χ4n) is 3.61. The number of ether oxygens (including phenoxy) is 2. The highest BCUT2D eigenvalue weighted by molar-refractivity contribution is 6.15. The third-order valence-electron chi connectivity index (χ3n) is 4.93. The molecule has 1 aromatic carbocycles. The first-order valence-electron chi connectivity index (χ1n) is 9.07. The maximum Gasteiger partial charge on any atom is 0.232 e. The zero-order valence-electron chi connectivity index (χ0n) is 15.3. The Kier molecular flexibility index (Phi) is 3.98. The molecule has 4 heterocycles. The molecule has 2 aromatic heterocycles. The van der Waals surface area contributed by atoms with Gasteiger partial charge in [-0.25, -0.2) is 0 Å². The van der Waals surface area contributed by atoms with E-state index in [2.05, 4.69) is 9.88 Å². The van der Waals surface area contributed by atoms with Gasteiger partial charge in [-0.05, 0) is 48.4 Å². The zero-order valence-corrected chi connectivity index (χ0v) is 15.3. The number of ketones is 1. The largest absolute Gasteiger partial charge is 0.478 e. The Bertz CT molecular complexity index is 1070. The van der Waals surface area contributed by atoms with Crippen molar-refractivity contribution in [1.29, 1.82) is 0 Å². The van der Waals surface area contributed by atoms with E-state index in [1.165, 1.54) is 0 Å². The molecule has 0 spiro atoms. The van der Waals surface area contributed by atoms with E-state index in [1.807, 2.05) is 37.3 Å². The maximum atomic E-state index is 13.0. The first-order chi connectivity index (χ1) is 13.7. The van der Waals surface area contributed by atoms with Crippen molar-refractivity contribution in [2.45, 2.75) is 20.0 Å². The van der Waals surface area contributed by atoms with Crippen LogP contribution >= 0.6 is 0 Å². The summed E-state index contributed by atoms with van der Waals surface area (Å²) in [6, 6.07) is 9.44. The number of Topliss-reactive ketones (excluding diaryl/α,β-unsaturated/α-hetero) is 1. The van der Waals surface area contributed by atoms with E-state index < -0.39 is 0 Å². The molecule has 6 nitrogen and oxygen atoms in total. The molecule has 0 radical (unpaired) electrons. The smallest absolute Gasteiger partial charge is 0.232 e. The Hall–Kier alpha value is -3.38. The molecule has 0 fully saturated rings. The number of benzene rings is 1. The first-order valence-corrected chi connectivity index (χ1v) is 9.07. The van der Waals surface area contributed by atoms with Crippen molar-refractivity contribution in [2.75, 3.05) is 6.73 Å². The van der Waals surface area contributed by atoms with Crippen molar-refractivity contribution in [3.63, 3.8) is 0 Å². The van der Waals surface area contributed by atoms with E-state index in [1.54, 1.807) is 24.7 Å². The summed E-state index contributed by atoms with van der Waals surface area (Å²) in [5, 5.41) is 0. The normalized spacial score (nSPS) is 17.2. The van der Waals surface area contributed by atoms with Gasteiger partial charge in [0.25, 0.3) is 0 Å². The van der Waals surface area contributed by atoms with E-state index in [0.29, 0.717) is 36.9 Å². The Labute approximate surface area is 162 Å². The molecule has 3 aromatic rings. The molecular formula is C22H18N2O4. The van der Waals surface area contributed by atoms with Gasteiger partial charge in [0.15, 0.2) is 5.76 Å². The van der Waals surface area contributed by atoms with E-state index in [9.17, 15) is 4.79 Å². The van der Waals surface area contributed by atoms with Gasteiger partial charge in [0.2, 0.25) is 5.78 Å². The van der Waals surface area contributed by atoms with Crippen LogP contribution in [0.3, 0.4) is 0 Å². The average molecular weight is 374 g/mol. The van der Waals surface area contributed by atoms with Crippen molar-refractivity contribution in [3.05, 3.63) is 82.8 Å². The summed E-state index contributed by atoms with van der Waals surface area (Å²) < 4.78 is 17.4. The first kappa shape index (κ1) is 16.8. The molecule has 0 amide bonds. The van der Waals surface area contributed by atoms with Crippen molar-refractivity contribution in [1.82, 2.24) is 9.88 Å². The highest BCUT2D eigenvalue weighted by Gasteiger charge is 2.35. The fourth-order valence-corrected chi connectivity index (χ4v) is 3.61. The number of rotatable bonds is 3. The van der Waals surface area contributed by atoms with Gasteiger partial charge in [-0.15, -0.1) is 0 Å². The predicted molar refractivity (Wildman–Crippen MR) is 102 cm³/mol. The summed E-state index contributed by atoms with van der Waals surface area (Å²) in [5.74, 6) is 2.43. The number of fused-ring (bicyclic) bond motifs is 3. The number of furan rings is 1.